The van der Waals surface area contributed by atoms with E-state index >= 15 is 0 Å². The van der Waals surface area contributed by atoms with Gasteiger partial charge in [0.2, 0.25) is 35.7 Å². The van der Waals surface area contributed by atoms with E-state index in [4.69, 9.17) is 20.4 Å². The van der Waals surface area contributed by atoms with Gasteiger partial charge in [-0.25, -0.2) is 0 Å². The minimum absolute atomic E-state index is 0.0561. The molecule has 24 heteroatoms. The molecule has 0 atom stereocenters. The van der Waals surface area contributed by atoms with Gasteiger partial charge in [-0.15, -0.1) is 0 Å². The zero-order valence-corrected chi connectivity index (χ0v) is 28.7. The molecule has 0 bridgehead atoms. The molecule has 0 spiro atoms. The second-order valence-corrected chi connectivity index (χ2v) is 13.0. The summed E-state index contributed by atoms with van der Waals surface area (Å²) in [6, 6.07) is 7.65. The van der Waals surface area contributed by atoms with Crippen molar-refractivity contribution < 1.29 is 46.4 Å². The number of aliphatic hydroxyl groups is 4. The Morgan fingerprint density at radius 1 is 0.481 bits per heavy atom. The van der Waals surface area contributed by atoms with Gasteiger partial charge in [0, 0.05) is 37.6 Å². The number of anilines is 8. The predicted octanol–water partition coefficient (Wildman–Crippen LogP) is -0.176. The smallest absolute Gasteiger partial charge is 0.295 e. The Morgan fingerprint density at radius 2 is 0.769 bits per heavy atom. The third-order valence-electron chi connectivity index (χ3n) is 6.39. The fraction of sp³-hybridized carbons (Fsp3) is 0.286. The summed E-state index contributed by atoms with van der Waals surface area (Å²) in [4.78, 5) is 23.7. The maximum absolute atomic E-state index is 12.4. The van der Waals surface area contributed by atoms with Gasteiger partial charge in [-0.05, 0) is 35.4 Å². The molecule has 0 aliphatic carbocycles. The van der Waals surface area contributed by atoms with E-state index in [1.165, 1.54) is 36.4 Å². The topological polar surface area (TPSA) is 339 Å². The molecule has 52 heavy (non-hydrogen) atoms. The Hall–Kier alpha value is -5.34. The van der Waals surface area contributed by atoms with Crippen molar-refractivity contribution in [2.75, 3.05) is 84.5 Å². The molecule has 0 amide bonds. The van der Waals surface area contributed by atoms with Crippen molar-refractivity contribution in [1.82, 2.24) is 29.9 Å². The summed E-state index contributed by atoms with van der Waals surface area (Å²) < 4.78 is 69.7. The van der Waals surface area contributed by atoms with Crippen LogP contribution in [0.15, 0.2) is 46.2 Å². The van der Waals surface area contributed by atoms with Crippen LogP contribution in [-0.4, -0.2) is 129 Å². The molecule has 0 radical (unpaired) electrons. The summed E-state index contributed by atoms with van der Waals surface area (Å²) in [5.41, 5.74) is 0.126. The first-order chi connectivity index (χ1) is 24.8. The molecule has 4 aromatic rings. The summed E-state index contributed by atoms with van der Waals surface area (Å²) >= 11 is 0. The number of aromatic nitrogens is 6. The van der Waals surface area contributed by atoms with Gasteiger partial charge in [0.05, 0.1) is 26.4 Å². The predicted molar refractivity (Wildman–Crippen MR) is 190 cm³/mol. The molecule has 2 heterocycles. The normalized spacial score (nSPS) is 11.7. The summed E-state index contributed by atoms with van der Waals surface area (Å²) in [5.74, 6) is 0.130. The van der Waals surface area contributed by atoms with Gasteiger partial charge in [0.15, 0.2) is 0 Å². The summed E-state index contributed by atoms with van der Waals surface area (Å²) in [7, 11) is -9.70. The van der Waals surface area contributed by atoms with E-state index in [9.17, 15) is 25.9 Å². The first-order valence-electron chi connectivity index (χ1n) is 15.2. The number of hydrogen-bond acceptors (Lipinski definition) is 20. The number of aliphatic hydroxyl groups excluding tert-OH is 4. The van der Waals surface area contributed by atoms with Crippen LogP contribution in [0.2, 0.25) is 0 Å². The average molecular weight is 765 g/mol. The number of hydrogen-bond donors (Lipinski definition) is 12. The van der Waals surface area contributed by atoms with E-state index in [2.05, 4.69) is 61.8 Å². The number of nitrogens with one attached hydrogen (secondary N) is 6. The number of rotatable bonds is 20. The SMILES string of the molecule is O=S(=O)(O)c1cc(Nc2nc(NCCO)nc(NCCO)n2)ccc1C=Cc1ccc(Nc2nc(NCCO)nc(NCCO)n2)cc1S(=O)(=O)O. The molecule has 4 rings (SSSR count). The molecule has 0 saturated carbocycles. The van der Waals surface area contributed by atoms with Crippen LogP contribution in [0.1, 0.15) is 11.1 Å². The lowest BCUT2D eigenvalue weighted by Gasteiger charge is -2.12. The molecule has 280 valence electrons. The third-order valence-corrected chi connectivity index (χ3v) is 8.21. The Morgan fingerprint density at radius 3 is 1.04 bits per heavy atom. The molecule has 12 N–H and O–H groups in total. The van der Waals surface area contributed by atoms with Crippen LogP contribution in [0.5, 0.6) is 0 Å². The highest BCUT2D eigenvalue weighted by Gasteiger charge is 2.19. The van der Waals surface area contributed by atoms with Crippen LogP contribution in [0.25, 0.3) is 12.2 Å². The molecule has 22 nitrogen and oxygen atoms in total. The lowest BCUT2D eigenvalue weighted by atomic mass is 10.1. The van der Waals surface area contributed by atoms with Gasteiger partial charge < -0.3 is 52.3 Å². The van der Waals surface area contributed by atoms with E-state index in [1.54, 1.807) is 0 Å². The molecule has 2 aromatic carbocycles. The van der Waals surface area contributed by atoms with Gasteiger partial charge in [0.1, 0.15) is 9.79 Å². The van der Waals surface area contributed by atoms with E-state index in [0.717, 1.165) is 12.1 Å². The standard InChI is InChI=1S/C28H36N12O10S2/c41-11-7-29-23-35-24(30-8-12-42)38-27(37-23)33-19-5-3-17(21(15-19)51(45,46)47)1-2-18-4-6-20(16-22(18)52(48,49)50)34-28-39-25(31-9-13-43)36-26(40-28)32-10-14-44/h1-6,15-16,41-44H,7-14H2,(H,45,46,47)(H,48,49,50)(H3,29,30,33,35,37,38)(H3,31,32,34,36,39,40). The Balaban J connectivity index is 1.64. The number of benzene rings is 2. The Labute approximate surface area is 297 Å². The quantitative estimate of drug-likeness (QED) is 0.0410. The van der Waals surface area contributed by atoms with Crippen LogP contribution < -0.4 is 31.9 Å². The minimum Gasteiger partial charge on any atom is -0.395 e. The first kappa shape index (κ1) is 39.4. The van der Waals surface area contributed by atoms with Gasteiger partial charge in [0.25, 0.3) is 20.2 Å². The zero-order valence-electron chi connectivity index (χ0n) is 27.1. The maximum atomic E-state index is 12.4. The van der Waals surface area contributed by atoms with Gasteiger partial charge >= 0.3 is 0 Å². The zero-order chi connectivity index (χ0) is 37.7. The number of nitrogens with zero attached hydrogens (tertiary/aromatic N) is 6. The molecular formula is C28H36N12O10S2. The van der Waals surface area contributed by atoms with Crippen LogP contribution in [0, 0.1) is 0 Å². The lowest BCUT2D eigenvalue weighted by molar-refractivity contribution is 0.310. The molecular weight excluding hydrogens is 729 g/mol. The molecule has 0 unspecified atom stereocenters. The van der Waals surface area contributed by atoms with Crippen LogP contribution >= 0.6 is 0 Å². The van der Waals surface area contributed by atoms with E-state index in [1.807, 2.05) is 0 Å². The van der Waals surface area contributed by atoms with E-state index in [-0.39, 0.29) is 111 Å². The molecule has 0 saturated heterocycles. The lowest BCUT2D eigenvalue weighted by Crippen LogP contribution is -2.15. The second kappa shape index (κ2) is 18.2. The van der Waals surface area contributed by atoms with Crippen molar-refractivity contribution in [1.29, 1.82) is 0 Å². The highest BCUT2D eigenvalue weighted by Crippen LogP contribution is 2.28. The van der Waals surface area contributed by atoms with Crippen molar-refractivity contribution in [3.05, 3.63) is 47.5 Å². The summed E-state index contributed by atoms with van der Waals surface area (Å²) in [6.07, 6.45) is 2.43. The second-order valence-electron chi connectivity index (χ2n) is 10.3. The van der Waals surface area contributed by atoms with Crippen LogP contribution in [0.4, 0.5) is 47.1 Å². The first-order valence-corrected chi connectivity index (χ1v) is 18.1. The van der Waals surface area contributed by atoms with Crippen molar-refractivity contribution in [2.45, 2.75) is 9.79 Å². The summed E-state index contributed by atoms with van der Waals surface area (Å²) in [6.45, 7) is -0.410. The maximum Gasteiger partial charge on any atom is 0.295 e. The van der Waals surface area contributed by atoms with Crippen molar-refractivity contribution >= 4 is 79.5 Å². The van der Waals surface area contributed by atoms with Crippen LogP contribution in [0.3, 0.4) is 0 Å². The highest BCUT2D eigenvalue weighted by atomic mass is 32.2. The van der Waals surface area contributed by atoms with E-state index < -0.39 is 30.0 Å². The summed E-state index contributed by atoms with van der Waals surface area (Å²) in [5, 5.41) is 53.2. The van der Waals surface area contributed by atoms with E-state index in [0.29, 0.717) is 0 Å². The molecule has 0 aliphatic rings. The van der Waals surface area contributed by atoms with Crippen molar-refractivity contribution in [3.63, 3.8) is 0 Å². The van der Waals surface area contributed by atoms with Gasteiger partial charge in [-0.3, -0.25) is 9.11 Å². The van der Waals surface area contributed by atoms with Gasteiger partial charge in [-0.2, -0.15) is 46.7 Å². The Bertz CT molecular complexity index is 1890. The van der Waals surface area contributed by atoms with Crippen LogP contribution in [-0.2, 0) is 20.2 Å². The minimum atomic E-state index is -4.85. The molecule has 0 fully saturated rings. The van der Waals surface area contributed by atoms with Crippen molar-refractivity contribution in [3.8, 4) is 0 Å². The fourth-order valence-corrected chi connectivity index (χ4v) is 5.65. The fourth-order valence-electron chi connectivity index (χ4n) is 4.23. The third kappa shape index (κ3) is 11.6. The average Bonchev–Trinajstić information content (AvgIpc) is 3.10. The monoisotopic (exact) mass is 764 g/mol. The van der Waals surface area contributed by atoms with Gasteiger partial charge in [-0.1, -0.05) is 24.3 Å². The molecule has 0 aliphatic heterocycles. The Kier molecular flexibility index (Phi) is 13.8. The highest BCUT2D eigenvalue weighted by molar-refractivity contribution is 7.86. The van der Waals surface area contributed by atoms with Crippen molar-refractivity contribution in [2.24, 2.45) is 0 Å². The largest absolute Gasteiger partial charge is 0.395 e. The molecule has 2 aromatic heterocycles.